The van der Waals surface area contributed by atoms with Gasteiger partial charge in [0.25, 0.3) is 0 Å². The molecule has 17 heavy (non-hydrogen) atoms. The van der Waals surface area contributed by atoms with Gasteiger partial charge in [-0.15, -0.1) is 0 Å². The van der Waals surface area contributed by atoms with Crippen LogP contribution in [0, 0.1) is 5.82 Å². The highest BCUT2D eigenvalue weighted by Crippen LogP contribution is 2.31. The minimum Gasteiger partial charge on any atom is -0.494 e. The van der Waals surface area contributed by atoms with Crippen molar-refractivity contribution in [3.05, 3.63) is 29.2 Å². The Morgan fingerprint density at radius 3 is 2.76 bits per heavy atom. The Balaban J connectivity index is 2.84. The van der Waals surface area contributed by atoms with E-state index in [1.54, 1.807) is 13.0 Å². The summed E-state index contributed by atoms with van der Waals surface area (Å²) in [4.78, 5) is 13.7. The summed E-state index contributed by atoms with van der Waals surface area (Å²) in [6, 6.07) is 3.09. The standard InChI is InChI=1S/C12H12FNO3/c1-3-6-9-7(14-11(6)12(15)16)4-5-8(17-2)10(9)13/h4-5,14H,3H2,1-2H3,(H,15,16). The molecule has 4 nitrogen and oxygen atoms in total. The van der Waals surface area contributed by atoms with Crippen LogP contribution in [0.25, 0.3) is 10.9 Å². The molecule has 1 heterocycles. The number of methoxy groups -OCH3 is 1. The monoisotopic (exact) mass is 237 g/mol. The SMILES string of the molecule is CCc1c(C(=O)O)[nH]c2ccc(OC)c(F)c12. The molecule has 1 aromatic carbocycles. The first-order valence-electron chi connectivity index (χ1n) is 5.20. The Kier molecular flexibility index (Phi) is 2.75. The molecule has 0 aliphatic rings. The molecule has 0 saturated carbocycles. The average molecular weight is 237 g/mol. The van der Waals surface area contributed by atoms with E-state index in [9.17, 15) is 9.18 Å². The lowest BCUT2D eigenvalue weighted by atomic mass is 10.1. The van der Waals surface area contributed by atoms with E-state index in [-0.39, 0.29) is 11.4 Å². The number of carboxylic acids is 1. The maximum atomic E-state index is 14.1. The van der Waals surface area contributed by atoms with Gasteiger partial charge >= 0.3 is 5.97 Å². The maximum absolute atomic E-state index is 14.1. The molecule has 0 bridgehead atoms. The van der Waals surface area contributed by atoms with E-state index in [2.05, 4.69) is 4.98 Å². The van der Waals surface area contributed by atoms with Gasteiger partial charge in [0.05, 0.1) is 7.11 Å². The Bertz CT molecular complexity index is 589. The van der Waals surface area contributed by atoms with E-state index in [4.69, 9.17) is 9.84 Å². The molecular formula is C12H12FNO3. The van der Waals surface area contributed by atoms with Crippen molar-refractivity contribution in [1.29, 1.82) is 0 Å². The highest BCUT2D eigenvalue weighted by Gasteiger charge is 2.20. The lowest BCUT2D eigenvalue weighted by molar-refractivity contribution is 0.0690. The molecule has 0 spiro atoms. The van der Waals surface area contributed by atoms with Gasteiger partial charge < -0.3 is 14.8 Å². The van der Waals surface area contributed by atoms with Crippen LogP contribution in [0.3, 0.4) is 0 Å². The molecule has 2 N–H and O–H groups in total. The molecule has 0 aliphatic carbocycles. The second-order valence-corrected chi connectivity index (χ2v) is 3.64. The van der Waals surface area contributed by atoms with Crippen LogP contribution in [0.15, 0.2) is 12.1 Å². The molecule has 0 aliphatic heterocycles. The molecule has 0 amide bonds. The van der Waals surface area contributed by atoms with Crippen molar-refractivity contribution in [2.24, 2.45) is 0 Å². The van der Waals surface area contributed by atoms with E-state index in [1.807, 2.05) is 0 Å². The molecular weight excluding hydrogens is 225 g/mol. The fraction of sp³-hybridized carbons (Fsp3) is 0.250. The van der Waals surface area contributed by atoms with Gasteiger partial charge in [0.1, 0.15) is 5.69 Å². The summed E-state index contributed by atoms with van der Waals surface area (Å²) >= 11 is 0. The van der Waals surface area contributed by atoms with Crippen LogP contribution >= 0.6 is 0 Å². The molecule has 0 radical (unpaired) electrons. The summed E-state index contributed by atoms with van der Waals surface area (Å²) in [5, 5.41) is 9.33. The highest BCUT2D eigenvalue weighted by atomic mass is 19.1. The average Bonchev–Trinajstić information content (AvgIpc) is 2.69. The van der Waals surface area contributed by atoms with Crippen LogP contribution in [0.2, 0.25) is 0 Å². The highest BCUT2D eigenvalue weighted by molar-refractivity contribution is 5.98. The Morgan fingerprint density at radius 1 is 1.53 bits per heavy atom. The summed E-state index contributed by atoms with van der Waals surface area (Å²) < 4.78 is 18.9. The number of ether oxygens (including phenoxy) is 1. The van der Waals surface area contributed by atoms with Gasteiger partial charge in [0, 0.05) is 10.9 Å². The van der Waals surface area contributed by atoms with Gasteiger partial charge in [-0.25, -0.2) is 9.18 Å². The van der Waals surface area contributed by atoms with Crippen molar-refractivity contribution in [3.8, 4) is 5.75 Å². The van der Waals surface area contributed by atoms with Crippen LogP contribution in [0.4, 0.5) is 4.39 Å². The number of aromatic amines is 1. The number of aromatic carboxylic acids is 1. The molecule has 1 aromatic heterocycles. The summed E-state index contributed by atoms with van der Waals surface area (Å²) in [5.41, 5.74) is 0.969. The predicted octanol–water partition coefficient (Wildman–Crippen LogP) is 2.58. The van der Waals surface area contributed by atoms with Crippen LogP contribution in [-0.4, -0.2) is 23.2 Å². The second-order valence-electron chi connectivity index (χ2n) is 3.64. The third-order valence-corrected chi connectivity index (χ3v) is 2.76. The number of rotatable bonds is 3. The molecule has 0 saturated heterocycles. The fourth-order valence-corrected chi connectivity index (χ4v) is 1.99. The van der Waals surface area contributed by atoms with Gasteiger partial charge in [-0.3, -0.25) is 0 Å². The van der Waals surface area contributed by atoms with Crippen molar-refractivity contribution >= 4 is 16.9 Å². The van der Waals surface area contributed by atoms with Gasteiger partial charge in [-0.05, 0) is 24.1 Å². The smallest absolute Gasteiger partial charge is 0.352 e. The van der Waals surface area contributed by atoms with Crippen LogP contribution in [-0.2, 0) is 6.42 Å². The largest absolute Gasteiger partial charge is 0.494 e. The summed E-state index contributed by atoms with van der Waals surface area (Å²) in [6.07, 6.45) is 0.436. The Morgan fingerprint density at radius 2 is 2.24 bits per heavy atom. The van der Waals surface area contributed by atoms with Crippen molar-refractivity contribution in [1.82, 2.24) is 4.98 Å². The quantitative estimate of drug-likeness (QED) is 0.862. The van der Waals surface area contributed by atoms with Gasteiger partial charge in [0.2, 0.25) is 0 Å². The number of nitrogens with one attached hydrogen (secondary N) is 1. The number of fused-ring (bicyclic) bond motifs is 1. The van der Waals surface area contributed by atoms with Crippen LogP contribution in [0.5, 0.6) is 5.75 Å². The van der Waals surface area contributed by atoms with E-state index < -0.39 is 11.8 Å². The lowest BCUT2D eigenvalue weighted by Crippen LogP contribution is -2.00. The first kappa shape index (κ1) is 11.4. The number of benzene rings is 1. The topological polar surface area (TPSA) is 62.3 Å². The number of halogens is 1. The van der Waals surface area contributed by atoms with Crippen molar-refractivity contribution in [3.63, 3.8) is 0 Å². The Labute approximate surface area is 97.0 Å². The summed E-state index contributed by atoms with van der Waals surface area (Å²) in [5.74, 6) is -1.50. The zero-order valence-corrected chi connectivity index (χ0v) is 9.50. The van der Waals surface area contributed by atoms with E-state index in [0.29, 0.717) is 22.9 Å². The van der Waals surface area contributed by atoms with Crippen LogP contribution < -0.4 is 4.74 Å². The predicted molar refractivity (Wildman–Crippen MR) is 61.1 cm³/mol. The fourth-order valence-electron chi connectivity index (χ4n) is 1.99. The van der Waals surface area contributed by atoms with Crippen LogP contribution in [0.1, 0.15) is 23.0 Å². The molecule has 5 heteroatoms. The zero-order chi connectivity index (χ0) is 12.6. The number of carbonyl (C=O) groups is 1. The molecule has 90 valence electrons. The second kappa shape index (κ2) is 4.08. The number of carboxylic acid groups (broad SMARTS) is 1. The van der Waals surface area contributed by atoms with E-state index in [1.165, 1.54) is 13.2 Å². The number of aromatic nitrogens is 1. The van der Waals surface area contributed by atoms with Gasteiger partial charge in [-0.2, -0.15) is 0 Å². The summed E-state index contributed by atoms with van der Waals surface area (Å²) in [6.45, 7) is 1.79. The number of hydrogen-bond acceptors (Lipinski definition) is 2. The third kappa shape index (κ3) is 1.63. The molecule has 0 fully saturated rings. The molecule has 0 unspecified atom stereocenters. The van der Waals surface area contributed by atoms with E-state index in [0.717, 1.165) is 0 Å². The minimum absolute atomic E-state index is 0.0367. The first-order valence-corrected chi connectivity index (χ1v) is 5.20. The van der Waals surface area contributed by atoms with Crippen molar-refractivity contribution < 1.29 is 19.0 Å². The Hall–Kier alpha value is -2.04. The van der Waals surface area contributed by atoms with E-state index >= 15 is 0 Å². The number of H-pyrrole nitrogens is 1. The van der Waals surface area contributed by atoms with Crippen molar-refractivity contribution in [2.45, 2.75) is 13.3 Å². The number of hydrogen-bond donors (Lipinski definition) is 2. The number of aryl methyl sites for hydroxylation is 1. The lowest BCUT2D eigenvalue weighted by Gasteiger charge is -2.03. The molecule has 0 atom stereocenters. The normalized spacial score (nSPS) is 10.8. The molecule has 2 aromatic rings. The zero-order valence-electron chi connectivity index (χ0n) is 9.50. The van der Waals surface area contributed by atoms with Gasteiger partial charge in [-0.1, -0.05) is 6.92 Å². The summed E-state index contributed by atoms with van der Waals surface area (Å²) in [7, 11) is 1.38. The van der Waals surface area contributed by atoms with Crippen molar-refractivity contribution in [2.75, 3.05) is 7.11 Å². The maximum Gasteiger partial charge on any atom is 0.352 e. The third-order valence-electron chi connectivity index (χ3n) is 2.76. The minimum atomic E-state index is -1.09. The van der Waals surface area contributed by atoms with Gasteiger partial charge in [0.15, 0.2) is 11.6 Å². The molecule has 2 rings (SSSR count). The first-order chi connectivity index (χ1) is 8.10.